The summed E-state index contributed by atoms with van der Waals surface area (Å²) in [6.07, 6.45) is 0. The molecule has 0 aromatic heterocycles. The molecular formula is C12H17ClN4O2. The number of guanidine groups is 1. The van der Waals surface area contributed by atoms with Gasteiger partial charge in [-0.2, -0.15) is 0 Å². The Morgan fingerprint density at radius 1 is 1.58 bits per heavy atom. The molecule has 0 bridgehead atoms. The summed E-state index contributed by atoms with van der Waals surface area (Å²) in [6, 6.07) is 4.69. The van der Waals surface area contributed by atoms with Gasteiger partial charge in [-0.15, -0.1) is 0 Å². The number of amides is 2. The summed E-state index contributed by atoms with van der Waals surface area (Å²) >= 11 is 6.08. The Bertz CT molecular complexity index is 459. The van der Waals surface area contributed by atoms with Crippen LogP contribution in [0, 0.1) is 12.3 Å². The number of methoxy groups -OCH3 is 1. The average molecular weight is 285 g/mol. The van der Waals surface area contributed by atoms with Crippen molar-refractivity contribution in [2.45, 2.75) is 6.92 Å². The van der Waals surface area contributed by atoms with E-state index in [9.17, 15) is 4.79 Å². The van der Waals surface area contributed by atoms with E-state index in [1.54, 1.807) is 25.1 Å². The molecule has 0 heterocycles. The maximum atomic E-state index is 12.0. The number of nitrogens with one attached hydrogen (secondary N) is 2. The van der Waals surface area contributed by atoms with Crippen molar-refractivity contribution in [2.75, 3.05) is 25.2 Å². The van der Waals surface area contributed by atoms with Crippen LogP contribution in [0.25, 0.3) is 0 Å². The fraction of sp³-hybridized carbons (Fsp3) is 0.333. The maximum absolute atomic E-state index is 12.0. The van der Waals surface area contributed by atoms with Gasteiger partial charge in [-0.3, -0.25) is 5.41 Å². The standard InChI is InChI=1S/C12H17ClN4O2/c1-8-4-3-5-9(13)10(8)17(11(14)15)12(18)16-6-7-19-2/h3-5H,6-7H2,1-2H3,(H3,14,15)(H,16,18). The summed E-state index contributed by atoms with van der Waals surface area (Å²) in [4.78, 5) is 13.1. The van der Waals surface area contributed by atoms with Crippen molar-refractivity contribution in [2.24, 2.45) is 5.73 Å². The van der Waals surface area contributed by atoms with Gasteiger partial charge in [0.1, 0.15) is 0 Å². The van der Waals surface area contributed by atoms with Crippen LogP contribution >= 0.6 is 11.6 Å². The number of ether oxygens (including phenoxy) is 1. The minimum atomic E-state index is -0.513. The molecule has 1 rings (SSSR count). The van der Waals surface area contributed by atoms with Gasteiger partial charge in [-0.25, -0.2) is 9.69 Å². The van der Waals surface area contributed by atoms with E-state index >= 15 is 0 Å². The van der Waals surface area contributed by atoms with Crippen LogP contribution < -0.4 is 16.0 Å². The molecule has 19 heavy (non-hydrogen) atoms. The molecule has 6 nitrogen and oxygen atoms in total. The highest BCUT2D eigenvalue weighted by Gasteiger charge is 2.22. The summed E-state index contributed by atoms with van der Waals surface area (Å²) in [5, 5.41) is 10.5. The van der Waals surface area contributed by atoms with E-state index in [0.29, 0.717) is 23.9 Å². The summed E-state index contributed by atoms with van der Waals surface area (Å²) in [7, 11) is 1.53. The number of hydrogen-bond acceptors (Lipinski definition) is 3. The van der Waals surface area contributed by atoms with Crippen molar-refractivity contribution in [3.8, 4) is 0 Å². The van der Waals surface area contributed by atoms with Crippen molar-refractivity contribution >= 4 is 29.3 Å². The topological polar surface area (TPSA) is 91.4 Å². The van der Waals surface area contributed by atoms with E-state index in [1.165, 1.54) is 7.11 Å². The first-order valence-corrected chi connectivity index (χ1v) is 6.03. The van der Waals surface area contributed by atoms with Gasteiger partial charge in [0, 0.05) is 13.7 Å². The van der Waals surface area contributed by atoms with Crippen molar-refractivity contribution in [3.63, 3.8) is 0 Å². The van der Waals surface area contributed by atoms with Gasteiger partial charge in [-0.1, -0.05) is 23.7 Å². The second-order valence-corrected chi connectivity index (χ2v) is 4.26. The van der Waals surface area contributed by atoms with Crippen LogP contribution in [-0.2, 0) is 4.74 Å². The largest absolute Gasteiger partial charge is 0.383 e. The Balaban J connectivity index is 3.01. The number of rotatable bonds is 4. The van der Waals surface area contributed by atoms with Gasteiger partial charge in [0.25, 0.3) is 0 Å². The molecule has 0 aliphatic heterocycles. The van der Waals surface area contributed by atoms with Crippen molar-refractivity contribution in [3.05, 3.63) is 28.8 Å². The molecule has 1 aromatic rings. The fourth-order valence-electron chi connectivity index (χ4n) is 1.58. The van der Waals surface area contributed by atoms with Crippen molar-refractivity contribution in [1.29, 1.82) is 5.41 Å². The van der Waals surface area contributed by atoms with Gasteiger partial charge < -0.3 is 15.8 Å². The van der Waals surface area contributed by atoms with E-state index < -0.39 is 12.0 Å². The minimum Gasteiger partial charge on any atom is -0.383 e. The Kier molecular flexibility index (Phi) is 5.59. The molecule has 0 aliphatic rings. The first kappa shape index (κ1) is 15.3. The number of carbonyl (C=O) groups is 1. The number of urea groups is 1. The molecule has 4 N–H and O–H groups in total. The van der Waals surface area contributed by atoms with Crippen LogP contribution in [0.3, 0.4) is 0 Å². The van der Waals surface area contributed by atoms with Gasteiger partial charge in [0.15, 0.2) is 0 Å². The molecule has 0 fully saturated rings. The van der Waals surface area contributed by atoms with Crippen LogP contribution in [0.5, 0.6) is 0 Å². The van der Waals surface area contributed by atoms with Crippen LogP contribution in [0.1, 0.15) is 5.56 Å². The molecule has 0 unspecified atom stereocenters. The Morgan fingerprint density at radius 2 is 2.26 bits per heavy atom. The SMILES string of the molecule is COCCNC(=O)N(C(=N)N)c1c(C)cccc1Cl. The lowest BCUT2D eigenvalue weighted by Crippen LogP contribution is -2.48. The number of para-hydroxylation sites is 1. The first-order valence-electron chi connectivity index (χ1n) is 5.65. The van der Waals surface area contributed by atoms with Crippen molar-refractivity contribution < 1.29 is 9.53 Å². The molecule has 0 spiro atoms. The summed E-state index contributed by atoms with van der Waals surface area (Å²) in [5.41, 5.74) is 6.63. The molecule has 2 amide bonds. The van der Waals surface area contributed by atoms with Crippen LogP contribution in [0.2, 0.25) is 5.02 Å². The lowest BCUT2D eigenvalue weighted by Gasteiger charge is -2.23. The monoisotopic (exact) mass is 284 g/mol. The van der Waals surface area contributed by atoms with Crippen molar-refractivity contribution in [1.82, 2.24) is 5.32 Å². The maximum Gasteiger partial charge on any atom is 0.328 e. The lowest BCUT2D eigenvalue weighted by atomic mass is 10.2. The summed E-state index contributed by atoms with van der Waals surface area (Å²) in [6.45, 7) is 2.49. The van der Waals surface area contributed by atoms with Crippen LogP contribution in [0.15, 0.2) is 18.2 Å². The van der Waals surface area contributed by atoms with E-state index in [-0.39, 0.29) is 0 Å². The van der Waals surface area contributed by atoms with E-state index in [4.69, 9.17) is 27.5 Å². The zero-order valence-electron chi connectivity index (χ0n) is 10.9. The smallest absolute Gasteiger partial charge is 0.328 e. The molecule has 0 saturated heterocycles. The Labute approximate surface area is 117 Å². The number of anilines is 1. The molecule has 7 heteroatoms. The number of nitrogens with zero attached hydrogens (tertiary/aromatic N) is 1. The molecule has 104 valence electrons. The van der Waals surface area contributed by atoms with E-state index in [1.807, 2.05) is 0 Å². The first-order chi connectivity index (χ1) is 8.99. The third-order valence-corrected chi connectivity index (χ3v) is 2.74. The van der Waals surface area contributed by atoms with Gasteiger partial charge in [0.2, 0.25) is 5.96 Å². The number of hydrogen-bond donors (Lipinski definition) is 3. The zero-order chi connectivity index (χ0) is 14.4. The molecule has 0 aliphatic carbocycles. The van der Waals surface area contributed by atoms with Crippen LogP contribution in [0.4, 0.5) is 10.5 Å². The second kappa shape index (κ2) is 6.96. The highest BCUT2D eigenvalue weighted by Crippen LogP contribution is 2.29. The Morgan fingerprint density at radius 3 is 2.79 bits per heavy atom. The van der Waals surface area contributed by atoms with Gasteiger partial charge in [-0.05, 0) is 18.6 Å². The molecule has 0 atom stereocenters. The van der Waals surface area contributed by atoms with Gasteiger partial charge in [0.05, 0.1) is 17.3 Å². The fourth-order valence-corrected chi connectivity index (χ4v) is 1.88. The number of carbonyl (C=O) groups excluding carboxylic acids is 1. The quantitative estimate of drug-likeness (QED) is 0.446. The molecule has 0 radical (unpaired) electrons. The lowest BCUT2D eigenvalue weighted by molar-refractivity contribution is 0.197. The zero-order valence-corrected chi connectivity index (χ0v) is 11.6. The summed E-state index contributed by atoms with van der Waals surface area (Å²) < 4.78 is 4.84. The van der Waals surface area contributed by atoms with E-state index in [2.05, 4.69) is 5.32 Å². The molecule has 1 aromatic carbocycles. The number of aryl methyl sites for hydroxylation is 1. The predicted molar refractivity (Wildman–Crippen MR) is 75.9 cm³/mol. The number of halogens is 1. The normalized spacial score (nSPS) is 10.1. The highest BCUT2D eigenvalue weighted by atomic mass is 35.5. The summed E-state index contributed by atoms with van der Waals surface area (Å²) in [5.74, 6) is -0.397. The number of nitrogens with two attached hydrogens (primary N) is 1. The average Bonchev–Trinajstić information content (AvgIpc) is 2.33. The Hall–Kier alpha value is -1.79. The predicted octanol–water partition coefficient (Wildman–Crippen LogP) is 1.70. The van der Waals surface area contributed by atoms with Crippen LogP contribution in [-0.4, -0.2) is 32.3 Å². The minimum absolute atomic E-state index is 0.322. The van der Waals surface area contributed by atoms with Gasteiger partial charge >= 0.3 is 6.03 Å². The second-order valence-electron chi connectivity index (χ2n) is 3.85. The molecular weight excluding hydrogens is 268 g/mol. The third kappa shape index (κ3) is 3.84. The number of benzene rings is 1. The van der Waals surface area contributed by atoms with E-state index in [0.717, 1.165) is 10.5 Å². The third-order valence-electron chi connectivity index (χ3n) is 2.44. The molecule has 0 saturated carbocycles. The highest BCUT2D eigenvalue weighted by molar-refractivity contribution is 6.35.